The number of nitriles is 1. The SMILES string of the molecule is N#Cc1cccc(N2CC(C(=O)N3CCc4cc(CCl)ccc43)CC2=O)c1. The molecule has 0 radical (unpaired) electrons. The molecule has 1 saturated heterocycles. The van der Waals surface area contributed by atoms with Crippen molar-refractivity contribution in [1.29, 1.82) is 5.26 Å². The fraction of sp³-hybridized carbons (Fsp3) is 0.286. The first-order valence-electron chi connectivity index (χ1n) is 8.90. The Hall–Kier alpha value is -2.84. The zero-order chi connectivity index (χ0) is 19.0. The van der Waals surface area contributed by atoms with Gasteiger partial charge in [-0.05, 0) is 41.8 Å². The van der Waals surface area contributed by atoms with Gasteiger partial charge in [-0.15, -0.1) is 11.6 Å². The van der Waals surface area contributed by atoms with Crippen LogP contribution in [-0.2, 0) is 21.9 Å². The van der Waals surface area contributed by atoms with Gasteiger partial charge >= 0.3 is 0 Å². The van der Waals surface area contributed by atoms with E-state index < -0.39 is 0 Å². The highest BCUT2D eigenvalue weighted by atomic mass is 35.5. The van der Waals surface area contributed by atoms with Crippen LogP contribution in [0, 0.1) is 17.2 Å². The largest absolute Gasteiger partial charge is 0.312 e. The fourth-order valence-corrected chi connectivity index (χ4v) is 4.02. The van der Waals surface area contributed by atoms with Gasteiger partial charge in [-0.25, -0.2) is 0 Å². The van der Waals surface area contributed by atoms with E-state index in [9.17, 15) is 9.59 Å². The Labute approximate surface area is 162 Å². The van der Waals surface area contributed by atoms with Gasteiger partial charge in [0, 0.05) is 36.8 Å². The molecule has 1 unspecified atom stereocenters. The van der Waals surface area contributed by atoms with E-state index in [1.54, 1.807) is 34.1 Å². The van der Waals surface area contributed by atoms with Crippen molar-refractivity contribution in [3.8, 4) is 6.07 Å². The second-order valence-electron chi connectivity index (χ2n) is 6.90. The Balaban J connectivity index is 1.53. The van der Waals surface area contributed by atoms with Crippen LogP contribution in [0.4, 0.5) is 11.4 Å². The van der Waals surface area contributed by atoms with Crippen LogP contribution in [0.5, 0.6) is 0 Å². The van der Waals surface area contributed by atoms with Crippen molar-refractivity contribution in [3.05, 3.63) is 59.2 Å². The summed E-state index contributed by atoms with van der Waals surface area (Å²) < 4.78 is 0. The molecule has 2 amide bonds. The highest BCUT2D eigenvalue weighted by Crippen LogP contribution is 2.33. The molecule has 0 aromatic heterocycles. The minimum Gasteiger partial charge on any atom is -0.312 e. The standard InChI is InChI=1S/C21H18ClN3O2/c22-11-14-4-5-19-16(8-14)6-7-24(19)21(27)17-10-20(26)25(13-17)18-3-1-2-15(9-18)12-23/h1-5,8-9,17H,6-7,10-11,13H2. The molecule has 5 nitrogen and oxygen atoms in total. The summed E-state index contributed by atoms with van der Waals surface area (Å²) in [5.74, 6) is -0.0170. The van der Waals surface area contributed by atoms with Crippen molar-refractivity contribution in [2.24, 2.45) is 5.92 Å². The lowest BCUT2D eigenvalue weighted by Crippen LogP contribution is -2.36. The van der Waals surface area contributed by atoms with Gasteiger partial charge in [0.2, 0.25) is 11.8 Å². The molecule has 27 heavy (non-hydrogen) atoms. The molecule has 6 heteroatoms. The Bertz CT molecular complexity index is 966. The monoisotopic (exact) mass is 379 g/mol. The molecule has 0 spiro atoms. The molecule has 0 N–H and O–H groups in total. The molecule has 136 valence electrons. The van der Waals surface area contributed by atoms with Crippen molar-refractivity contribution >= 4 is 34.8 Å². The first-order chi connectivity index (χ1) is 13.1. The summed E-state index contributed by atoms with van der Waals surface area (Å²) in [4.78, 5) is 29.0. The number of hydrogen-bond donors (Lipinski definition) is 0. The Kier molecular flexibility index (Phi) is 4.59. The minimum atomic E-state index is -0.373. The van der Waals surface area contributed by atoms with Gasteiger partial charge in [0.25, 0.3) is 0 Å². The van der Waals surface area contributed by atoms with Crippen LogP contribution in [0.3, 0.4) is 0 Å². The van der Waals surface area contributed by atoms with E-state index in [2.05, 4.69) is 12.1 Å². The molecular weight excluding hydrogens is 362 g/mol. The van der Waals surface area contributed by atoms with Crippen LogP contribution >= 0.6 is 11.6 Å². The van der Waals surface area contributed by atoms with Crippen LogP contribution in [0.2, 0.25) is 0 Å². The first kappa shape index (κ1) is 17.6. The Morgan fingerprint density at radius 2 is 2.11 bits per heavy atom. The minimum absolute atomic E-state index is 0.0142. The Morgan fingerprint density at radius 1 is 1.26 bits per heavy atom. The first-order valence-corrected chi connectivity index (χ1v) is 9.44. The highest BCUT2D eigenvalue weighted by Gasteiger charge is 2.39. The Morgan fingerprint density at radius 3 is 2.89 bits per heavy atom. The summed E-state index contributed by atoms with van der Waals surface area (Å²) in [5.41, 5.74) is 4.27. The van der Waals surface area contributed by atoms with Gasteiger partial charge < -0.3 is 9.80 Å². The number of amides is 2. The molecule has 4 rings (SSSR count). The normalized spacial score (nSPS) is 18.5. The fourth-order valence-electron chi connectivity index (χ4n) is 3.85. The van der Waals surface area contributed by atoms with Gasteiger partial charge in [0.05, 0.1) is 17.6 Å². The van der Waals surface area contributed by atoms with Crippen molar-refractivity contribution in [2.45, 2.75) is 18.7 Å². The van der Waals surface area contributed by atoms with Crippen LogP contribution in [0.1, 0.15) is 23.1 Å². The summed E-state index contributed by atoms with van der Waals surface area (Å²) in [7, 11) is 0. The van der Waals surface area contributed by atoms with Crippen LogP contribution < -0.4 is 9.80 Å². The van der Waals surface area contributed by atoms with Crippen LogP contribution in [0.25, 0.3) is 0 Å². The lowest BCUT2D eigenvalue weighted by molar-refractivity contribution is -0.124. The number of fused-ring (bicyclic) bond motifs is 1. The summed E-state index contributed by atoms with van der Waals surface area (Å²) in [6.07, 6.45) is 1.00. The third kappa shape index (κ3) is 3.17. The highest BCUT2D eigenvalue weighted by molar-refractivity contribution is 6.17. The van der Waals surface area contributed by atoms with Crippen molar-refractivity contribution in [3.63, 3.8) is 0 Å². The molecule has 0 aliphatic carbocycles. The van der Waals surface area contributed by atoms with Crippen molar-refractivity contribution in [1.82, 2.24) is 0 Å². The predicted octanol–water partition coefficient (Wildman–Crippen LogP) is 3.24. The third-order valence-electron chi connectivity index (χ3n) is 5.22. The number of halogens is 1. The van der Waals surface area contributed by atoms with Gasteiger partial charge in [0.1, 0.15) is 0 Å². The molecule has 0 saturated carbocycles. The third-order valence-corrected chi connectivity index (χ3v) is 5.53. The molecule has 2 heterocycles. The summed E-state index contributed by atoms with van der Waals surface area (Å²) in [6, 6.07) is 15.0. The molecule has 2 aliphatic heterocycles. The number of rotatable bonds is 3. The van der Waals surface area contributed by atoms with Crippen LogP contribution in [0.15, 0.2) is 42.5 Å². The predicted molar refractivity (Wildman–Crippen MR) is 104 cm³/mol. The molecular formula is C21H18ClN3O2. The molecule has 2 aliphatic rings. The second-order valence-corrected chi connectivity index (χ2v) is 7.17. The van der Waals surface area contributed by atoms with E-state index in [0.717, 1.165) is 23.2 Å². The maximum Gasteiger partial charge on any atom is 0.232 e. The number of nitrogens with zero attached hydrogens (tertiary/aromatic N) is 3. The second kappa shape index (κ2) is 7.05. The van der Waals surface area contributed by atoms with Gasteiger partial charge in [-0.1, -0.05) is 18.2 Å². The maximum atomic E-state index is 13.1. The van der Waals surface area contributed by atoms with E-state index in [4.69, 9.17) is 16.9 Å². The van der Waals surface area contributed by atoms with E-state index in [1.165, 1.54) is 0 Å². The van der Waals surface area contributed by atoms with E-state index in [-0.39, 0.29) is 24.2 Å². The molecule has 2 aromatic rings. The van der Waals surface area contributed by atoms with Crippen LogP contribution in [-0.4, -0.2) is 24.9 Å². The van der Waals surface area contributed by atoms with Gasteiger partial charge in [-0.2, -0.15) is 5.26 Å². The average molecular weight is 380 g/mol. The number of alkyl halides is 1. The van der Waals surface area contributed by atoms with Gasteiger partial charge in [0.15, 0.2) is 0 Å². The van der Waals surface area contributed by atoms with E-state index in [1.807, 2.05) is 12.1 Å². The molecule has 1 atom stereocenters. The van der Waals surface area contributed by atoms with Crippen molar-refractivity contribution < 1.29 is 9.59 Å². The zero-order valence-electron chi connectivity index (χ0n) is 14.7. The van der Waals surface area contributed by atoms with E-state index in [0.29, 0.717) is 30.2 Å². The number of benzene rings is 2. The lowest BCUT2D eigenvalue weighted by Gasteiger charge is -2.22. The molecule has 2 aromatic carbocycles. The number of anilines is 2. The molecule has 1 fully saturated rings. The van der Waals surface area contributed by atoms with Crippen molar-refractivity contribution in [2.75, 3.05) is 22.9 Å². The lowest BCUT2D eigenvalue weighted by atomic mass is 10.1. The quantitative estimate of drug-likeness (QED) is 0.769. The number of hydrogen-bond acceptors (Lipinski definition) is 3. The topological polar surface area (TPSA) is 64.4 Å². The number of carbonyl (C=O) groups is 2. The summed E-state index contributed by atoms with van der Waals surface area (Å²) in [5, 5.41) is 9.06. The summed E-state index contributed by atoms with van der Waals surface area (Å²) >= 11 is 5.90. The number of carbonyl (C=O) groups excluding carboxylic acids is 2. The van der Waals surface area contributed by atoms with Gasteiger partial charge in [-0.3, -0.25) is 9.59 Å². The zero-order valence-corrected chi connectivity index (χ0v) is 15.4. The van der Waals surface area contributed by atoms with E-state index >= 15 is 0 Å². The molecule has 0 bridgehead atoms. The maximum absolute atomic E-state index is 13.1. The summed E-state index contributed by atoms with van der Waals surface area (Å²) in [6.45, 7) is 0.979. The average Bonchev–Trinajstić information content (AvgIpc) is 3.30. The smallest absolute Gasteiger partial charge is 0.232 e.